The van der Waals surface area contributed by atoms with E-state index >= 15 is 0 Å². The van der Waals surface area contributed by atoms with Gasteiger partial charge in [0.1, 0.15) is 5.75 Å². The van der Waals surface area contributed by atoms with Crippen molar-refractivity contribution in [1.82, 2.24) is 10.1 Å². The first-order chi connectivity index (χ1) is 17.2. The first-order valence-corrected chi connectivity index (χ1v) is 11.8. The highest BCUT2D eigenvalue weighted by Gasteiger charge is 2.23. The third-order valence-corrected chi connectivity index (χ3v) is 6.25. The molecule has 4 aromatic rings. The molecular formula is C29H26N2O4. The lowest BCUT2D eigenvalue weighted by Crippen LogP contribution is -2.12. The van der Waals surface area contributed by atoms with Crippen molar-refractivity contribution in [2.75, 3.05) is 0 Å². The van der Waals surface area contributed by atoms with Crippen molar-refractivity contribution in [3.05, 3.63) is 125 Å². The maximum atomic E-state index is 11.9. The molecule has 0 radical (unpaired) electrons. The SMILES string of the molecule is O=C(O)C(=CCc1noc(C(c2ccccc2)c2ccccc2)n1)Oc1cccc2c1CCCC2. The molecule has 6 nitrogen and oxygen atoms in total. The Bertz CT molecular complexity index is 1290. The number of carbonyl (C=O) groups is 1. The molecular weight excluding hydrogens is 440 g/mol. The van der Waals surface area contributed by atoms with Crippen molar-refractivity contribution in [2.45, 2.75) is 38.0 Å². The van der Waals surface area contributed by atoms with Crippen LogP contribution < -0.4 is 4.74 Å². The number of rotatable bonds is 8. The second-order valence-corrected chi connectivity index (χ2v) is 8.58. The molecule has 0 bridgehead atoms. The summed E-state index contributed by atoms with van der Waals surface area (Å²) in [5.41, 5.74) is 4.40. The summed E-state index contributed by atoms with van der Waals surface area (Å²) in [4.78, 5) is 16.5. The molecule has 1 heterocycles. The fourth-order valence-corrected chi connectivity index (χ4v) is 4.55. The van der Waals surface area contributed by atoms with Crippen LogP contribution in [-0.4, -0.2) is 21.2 Å². The number of carboxylic acids is 1. The molecule has 176 valence electrons. The van der Waals surface area contributed by atoms with Crippen LogP contribution in [-0.2, 0) is 24.1 Å². The number of ether oxygens (including phenoxy) is 1. The summed E-state index contributed by atoms with van der Waals surface area (Å²) in [6, 6.07) is 25.8. The van der Waals surface area contributed by atoms with Crippen LogP contribution in [0.3, 0.4) is 0 Å². The van der Waals surface area contributed by atoms with Gasteiger partial charge in [-0.2, -0.15) is 4.98 Å². The molecule has 0 saturated carbocycles. The monoisotopic (exact) mass is 466 g/mol. The Labute approximate surface area is 203 Å². The van der Waals surface area contributed by atoms with Crippen LogP contribution >= 0.6 is 0 Å². The molecule has 0 unspecified atom stereocenters. The summed E-state index contributed by atoms with van der Waals surface area (Å²) in [6.07, 6.45) is 5.79. The first-order valence-electron chi connectivity index (χ1n) is 11.8. The minimum atomic E-state index is -1.13. The van der Waals surface area contributed by atoms with Crippen molar-refractivity contribution in [3.63, 3.8) is 0 Å². The van der Waals surface area contributed by atoms with Crippen molar-refractivity contribution in [3.8, 4) is 5.75 Å². The number of aryl methyl sites for hydroxylation is 1. The van der Waals surface area contributed by atoms with Gasteiger partial charge >= 0.3 is 5.97 Å². The highest BCUT2D eigenvalue weighted by Crippen LogP contribution is 2.32. The van der Waals surface area contributed by atoms with E-state index < -0.39 is 5.97 Å². The van der Waals surface area contributed by atoms with Gasteiger partial charge in [0.2, 0.25) is 11.6 Å². The number of benzene rings is 3. The molecule has 6 heteroatoms. The zero-order chi connectivity index (χ0) is 24.0. The van der Waals surface area contributed by atoms with E-state index in [1.54, 1.807) is 0 Å². The molecule has 1 aromatic heterocycles. The quantitative estimate of drug-likeness (QED) is 0.264. The Balaban J connectivity index is 1.39. The number of aliphatic carboxylic acids is 1. The van der Waals surface area contributed by atoms with Crippen molar-refractivity contribution < 1.29 is 19.2 Å². The van der Waals surface area contributed by atoms with E-state index in [4.69, 9.17) is 9.26 Å². The molecule has 35 heavy (non-hydrogen) atoms. The Morgan fingerprint density at radius 2 is 1.63 bits per heavy atom. The smallest absolute Gasteiger partial charge is 0.371 e. The normalized spacial score (nSPS) is 13.5. The lowest BCUT2D eigenvalue weighted by molar-refractivity contribution is -0.135. The van der Waals surface area contributed by atoms with E-state index in [2.05, 4.69) is 16.2 Å². The number of aromatic nitrogens is 2. The Hall–Kier alpha value is -4.19. The van der Waals surface area contributed by atoms with Crippen molar-refractivity contribution in [2.24, 2.45) is 0 Å². The van der Waals surface area contributed by atoms with E-state index in [9.17, 15) is 9.90 Å². The number of hydrogen-bond donors (Lipinski definition) is 1. The topological polar surface area (TPSA) is 85.5 Å². The van der Waals surface area contributed by atoms with Crippen molar-refractivity contribution in [1.29, 1.82) is 0 Å². The second kappa shape index (κ2) is 10.4. The van der Waals surface area contributed by atoms with E-state index in [1.807, 2.05) is 72.8 Å². The number of carboxylic acid groups (broad SMARTS) is 1. The van der Waals surface area contributed by atoms with E-state index in [0.29, 0.717) is 17.5 Å². The fourth-order valence-electron chi connectivity index (χ4n) is 4.55. The summed E-state index contributed by atoms with van der Waals surface area (Å²) in [5, 5.41) is 13.9. The molecule has 0 aliphatic heterocycles. The zero-order valence-corrected chi connectivity index (χ0v) is 19.3. The average molecular weight is 467 g/mol. The summed E-state index contributed by atoms with van der Waals surface area (Å²) >= 11 is 0. The van der Waals surface area contributed by atoms with Gasteiger partial charge in [0, 0.05) is 6.42 Å². The van der Waals surface area contributed by atoms with Crippen LogP contribution in [0.15, 0.2) is 95.2 Å². The van der Waals surface area contributed by atoms with Gasteiger partial charge in [-0.3, -0.25) is 0 Å². The summed E-state index contributed by atoms with van der Waals surface area (Å²) < 4.78 is 11.5. The molecule has 0 atom stereocenters. The van der Waals surface area contributed by atoms with Crippen LogP contribution in [0.5, 0.6) is 5.75 Å². The lowest BCUT2D eigenvalue weighted by atomic mass is 9.91. The second-order valence-electron chi connectivity index (χ2n) is 8.58. The maximum absolute atomic E-state index is 11.9. The van der Waals surface area contributed by atoms with Gasteiger partial charge in [0.05, 0.1) is 5.92 Å². The number of fused-ring (bicyclic) bond motifs is 1. The number of allylic oxidation sites excluding steroid dienone is 1. The molecule has 0 amide bonds. The molecule has 1 N–H and O–H groups in total. The van der Waals surface area contributed by atoms with Crippen LogP contribution in [0.1, 0.15) is 52.7 Å². The van der Waals surface area contributed by atoms with Gasteiger partial charge in [-0.25, -0.2) is 4.79 Å². The van der Waals surface area contributed by atoms with Gasteiger partial charge in [0.15, 0.2) is 5.82 Å². The Kier molecular flexibility index (Phi) is 6.70. The third kappa shape index (κ3) is 5.17. The number of hydrogen-bond acceptors (Lipinski definition) is 5. The molecule has 1 aliphatic rings. The summed E-state index contributed by atoms with van der Waals surface area (Å²) in [7, 11) is 0. The maximum Gasteiger partial charge on any atom is 0.371 e. The van der Waals surface area contributed by atoms with Crippen molar-refractivity contribution >= 4 is 5.97 Å². The van der Waals surface area contributed by atoms with E-state index in [1.165, 1.54) is 11.6 Å². The predicted octanol–water partition coefficient (Wildman–Crippen LogP) is 5.72. The highest BCUT2D eigenvalue weighted by atomic mass is 16.5. The molecule has 3 aromatic carbocycles. The Morgan fingerprint density at radius 3 is 2.31 bits per heavy atom. The fraction of sp³-hybridized carbons (Fsp3) is 0.207. The van der Waals surface area contributed by atoms with Crippen LogP contribution in [0.4, 0.5) is 0 Å². The summed E-state index contributed by atoms with van der Waals surface area (Å²) in [5.74, 6) is -0.0202. The molecule has 0 saturated heterocycles. The standard InChI is InChI=1S/C29H26N2O4/c32-29(33)25(34-24-17-9-15-20-10-7-8-16-23(20)24)18-19-26-30-28(35-31-26)27(21-11-3-1-4-12-21)22-13-5-2-6-14-22/h1-6,9,11-15,17-18,27H,7-8,10,16,19H2,(H,32,33). The largest absolute Gasteiger partial charge is 0.475 e. The summed E-state index contributed by atoms with van der Waals surface area (Å²) in [6.45, 7) is 0. The van der Waals surface area contributed by atoms with Gasteiger partial charge in [-0.1, -0.05) is 78.0 Å². The molecule has 0 fully saturated rings. The first kappa shape index (κ1) is 22.6. The molecule has 1 aliphatic carbocycles. The minimum Gasteiger partial charge on any atom is -0.475 e. The number of nitrogens with zero attached hydrogens (tertiary/aromatic N) is 2. The lowest BCUT2D eigenvalue weighted by Gasteiger charge is -2.19. The van der Waals surface area contributed by atoms with Crippen LogP contribution in [0.2, 0.25) is 0 Å². The minimum absolute atomic E-state index is 0.141. The van der Waals surface area contributed by atoms with E-state index in [-0.39, 0.29) is 18.1 Å². The average Bonchev–Trinajstić information content (AvgIpc) is 3.36. The van der Waals surface area contributed by atoms with Crippen LogP contribution in [0.25, 0.3) is 0 Å². The van der Waals surface area contributed by atoms with Gasteiger partial charge in [-0.05, 0) is 60.1 Å². The molecule has 0 spiro atoms. The Morgan fingerprint density at radius 1 is 0.943 bits per heavy atom. The van der Waals surface area contributed by atoms with Gasteiger partial charge in [-0.15, -0.1) is 0 Å². The molecule has 5 rings (SSSR count). The van der Waals surface area contributed by atoms with Gasteiger partial charge < -0.3 is 14.4 Å². The highest BCUT2D eigenvalue weighted by molar-refractivity contribution is 5.84. The third-order valence-electron chi connectivity index (χ3n) is 6.25. The zero-order valence-electron chi connectivity index (χ0n) is 19.3. The van der Waals surface area contributed by atoms with Gasteiger partial charge in [0.25, 0.3) is 0 Å². The van der Waals surface area contributed by atoms with E-state index in [0.717, 1.165) is 42.4 Å². The predicted molar refractivity (Wildman–Crippen MR) is 131 cm³/mol. The van der Waals surface area contributed by atoms with Crippen LogP contribution in [0, 0.1) is 0 Å².